The zero-order chi connectivity index (χ0) is 26.0. The summed E-state index contributed by atoms with van der Waals surface area (Å²) in [6.07, 6.45) is 0. The lowest BCUT2D eigenvalue weighted by molar-refractivity contribution is 1.08. The van der Waals surface area contributed by atoms with Crippen LogP contribution in [0.25, 0.3) is 66.1 Å². The highest BCUT2D eigenvalue weighted by Crippen LogP contribution is 2.35. The van der Waals surface area contributed by atoms with Crippen LogP contribution in [0.4, 0.5) is 0 Å². The van der Waals surface area contributed by atoms with Crippen molar-refractivity contribution in [3.63, 3.8) is 0 Å². The minimum Gasteiger partial charge on any atom is -0.235 e. The van der Waals surface area contributed by atoms with E-state index in [1.165, 1.54) is 5.56 Å². The van der Waals surface area contributed by atoms with E-state index < -0.39 is 0 Å². The molecule has 0 saturated carbocycles. The van der Waals surface area contributed by atoms with Crippen molar-refractivity contribution in [3.05, 3.63) is 133 Å². The van der Waals surface area contributed by atoms with E-state index in [0.717, 1.165) is 43.0 Å². The fourth-order valence-electron chi connectivity index (χ4n) is 4.62. The lowest BCUT2D eigenvalue weighted by Crippen LogP contribution is -2.00. The number of thiazole rings is 1. The maximum absolute atomic E-state index is 5.03. The van der Waals surface area contributed by atoms with Crippen LogP contribution in [0.15, 0.2) is 133 Å². The van der Waals surface area contributed by atoms with Crippen LogP contribution in [0.1, 0.15) is 0 Å². The van der Waals surface area contributed by atoms with Crippen LogP contribution < -0.4 is 0 Å². The average Bonchev–Trinajstić information content (AvgIpc) is 3.47. The number of benzene rings is 5. The second-order valence-electron chi connectivity index (χ2n) is 9.15. The van der Waals surface area contributed by atoms with Crippen LogP contribution in [-0.4, -0.2) is 19.9 Å². The maximum atomic E-state index is 5.03. The molecular weight excluding hydrogens is 496 g/mol. The summed E-state index contributed by atoms with van der Waals surface area (Å²) < 4.78 is 1.10. The highest BCUT2D eigenvalue weighted by Gasteiger charge is 2.17. The van der Waals surface area contributed by atoms with Crippen molar-refractivity contribution in [2.75, 3.05) is 0 Å². The average molecular weight is 519 g/mol. The monoisotopic (exact) mass is 518 g/mol. The summed E-state index contributed by atoms with van der Waals surface area (Å²) in [4.78, 5) is 19.8. The van der Waals surface area contributed by atoms with Crippen LogP contribution in [0.2, 0.25) is 0 Å². The summed E-state index contributed by atoms with van der Waals surface area (Å²) >= 11 is 1.68. The van der Waals surface area contributed by atoms with Gasteiger partial charge in [-0.05, 0) is 23.3 Å². The van der Waals surface area contributed by atoms with Gasteiger partial charge in [0, 0.05) is 22.3 Å². The first-order valence-corrected chi connectivity index (χ1v) is 13.6. The number of fused-ring (bicyclic) bond motifs is 1. The molecule has 0 aliphatic carbocycles. The maximum Gasteiger partial charge on any atom is 0.166 e. The summed E-state index contributed by atoms with van der Waals surface area (Å²) in [5.74, 6) is 1.88. The smallest absolute Gasteiger partial charge is 0.166 e. The molecule has 39 heavy (non-hydrogen) atoms. The van der Waals surface area contributed by atoms with E-state index in [1.807, 2.05) is 66.7 Å². The highest BCUT2D eigenvalue weighted by atomic mass is 32.1. The first-order chi connectivity index (χ1) is 19.3. The second kappa shape index (κ2) is 10.0. The molecule has 0 amide bonds. The van der Waals surface area contributed by atoms with Crippen molar-refractivity contribution >= 4 is 21.6 Å². The molecule has 0 fully saturated rings. The summed E-state index contributed by atoms with van der Waals surface area (Å²) in [5, 5.41) is 0.979. The molecule has 7 aromatic rings. The van der Waals surface area contributed by atoms with Crippen molar-refractivity contribution in [2.24, 2.45) is 0 Å². The predicted molar refractivity (Wildman–Crippen MR) is 160 cm³/mol. The molecule has 7 rings (SSSR count). The number of rotatable bonds is 5. The SMILES string of the molecule is c1ccc(-c2ccc(-c3nc(-c4ccccc4)nc(-c4cccc5sc(-c6ccccc6)nc45)n3)cc2)cc1. The third-order valence-corrected chi connectivity index (χ3v) is 7.67. The Balaban J connectivity index is 1.37. The predicted octanol–water partition coefficient (Wildman–Crippen LogP) is 8.82. The van der Waals surface area contributed by atoms with Gasteiger partial charge in [-0.15, -0.1) is 11.3 Å². The molecule has 0 unspecified atom stereocenters. The minimum atomic E-state index is 0.613. The Bertz CT molecular complexity index is 1880. The molecule has 5 heteroatoms. The summed E-state index contributed by atoms with van der Waals surface area (Å²) in [6.45, 7) is 0. The van der Waals surface area contributed by atoms with E-state index in [9.17, 15) is 0 Å². The van der Waals surface area contributed by atoms with E-state index in [2.05, 4.69) is 66.7 Å². The van der Waals surface area contributed by atoms with Gasteiger partial charge in [-0.3, -0.25) is 0 Å². The molecule has 0 radical (unpaired) electrons. The lowest BCUT2D eigenvalue weighted by Gasteiger charge is -2.09. The van der Waals surface area contributed by atoms with Gasteiger partial charge >= 0.3 is 0 Å². The molecule has 2 heterocycles. The van der Waals surface area contributed by atoms with Gasteiger partial charge in [-0.1, -0.05) is 121 Å². The molecular formula is C34H22N4S. The minimum absolute atomic E-state index is 0.613. The van der Waals surface area contributed by atoms with Gasteiger partial charge in [-0.25, -0.2) is 19.9 Å². The Morgan fingerprint density at radius 2 is 0.846 bits per heavy atom. The number of hydrogen-bond donors (Lipinski definition) is 0. The summed E-state index contributed by atoms with van der Waals surface area (Å²) in [7, 11) is 0. The summed E-state index contributed by atoms with van der Waals surface area (Å²) in [6, 6.07) is 45.3. The van der Waals surface area contributed by atoms with Gasteiger partial charge in [-0.2, -0.15) is 0 Å². The highest BCUT2D eigenvalue weighted by molar-refractivity contribution is 7.21. The molecule has 0 bridgehead atoms. The molecule has 0 aliphatic rings. The van der Waals surface area contributed by atoms with E-state index >= 15 is 0 Å². The number of nitrogens with zero attached hydrogens (tertiary/aromatic N) is 4. The van der Waals surface area contributed by atoms with Crippen molar-refractivity contribution in [1.29, 1.82) is 0 Å². The Kier molecular flexibility index (Phi) is 5.96. The molecule has 0 atom stereocenters. The second-order valence-corrected chi connectivity index (χ2v) is 10.2. The van der Waals surface area contributed by atoms with Gasteiger partial charge in [0.1, 0.15) is 5.01 Å². The Morgan fingerprint density at radius 3 is 1.49 bits per heavy atom. The first kappa shape index (κ1) is 23.1. The molecule has 5 aromatic carbocycles. The quantitative estimate of drug-likeness (QED) is 0.228. The molecule has 0 spiro atoms. The Morgan fingerprint density at radius 1 is 0.359 bits per heavy atom. The van der Waals surface area contributed by atoms with Crippen molar-refractivity contribution in [2.45, 2.75) is 0 Å². The third-order valence-electron chi connectivity index (χ3n) is 6.60. The molecule has 0 N–H and O–H groups in total. The van der Waals surface area contributed by atoms with Gasteiger partial charge in [0.25, 0.3) is 0 Å². The third kappa shape index (κ3) is 4.60. The van der Waals surface area contributed by atoms with Crippen LogP contribution in [0.3, 0.4) is 0 Å². The van der Waals surface area contributed by atoms with Crippen LogP contribution >= 0.6 is 11.3 Å². The largest absolute Gasteiger partial charge is 0.235 e. The standard InChI is InChI=1S/C34H22N4S/c1-4-11-23(12-5-1)24-19-21-26(22-20-24)32-36-31(25-13-6-2-7-14-25)37-33(38-32)28-17-10-18-29-30(28)35-34(39-29)27-15-8-3-9-16-27/h1-22H. The number of hydrogen-bond acceptors (Lipinski definition) is 5. The molecule has 0 aliphatic heterocycles. The van der Waals surface area contributed by atoms with Gasteiger partial charge in [0.2, 0.25) is 0 Å². The first-order valence-electron chi connectivity index (χ1n) is 12.7. The Hall–Kier alpha value is -5.00. The molecule has 4 nitrogen and oxygen atoms in total. The Labute approximate surface area is 230 Å². The van der Waals surface area contributed by atoms with Gasteiger partial charge in [0.05, 0.1) is 10.2 Å². The fourth-order valence-corrected chi connectivity index (χ4v) is 5.62. The van der Waals surface area contributed by atoms with Gasteiger partial charge in [0.15, 0.2) is 17.5 Å². The zero-order valence-electron chi connectivity index (χ0n) is 20.9. The zero-order valence-corrected chi connectivity index (χ0v) is 21.7. The normalized spacial score (nSPS) is 11.1. The molecule has 2 aromatic heterocycles. The van der Waals surface area contributed by atoms with Crippen LogP contribution in [0.5, 0.6) is 0 Å². The number of para-hydroxylation sites is 1. The lowest BCUT2D eigenvalue weighted by atomic mass is 10.0. The van der Waals surface area contributed by atoms with E-state index in [0.29, 0.717) is 17.5 Å². The van der Waals surface area contributed by atoms with E-state index in [-0.39, 0.29) is 0 Å². The van der Waals surface area contributed by atoms with Crippen molar-refractivity contribution < 1.29 is 0 Å². The topological polar surface area (TPSA) is 51.6 Å². The van der Waals surface area contributed by atoms with Crippen molar-refractivity contribution in [1.82, 2.24) is 19.9 Å². The van der Waals surface area contributed by atoms with Crippen LogP contribution in [-0.2, 0) is 0 Å². The van der Waals surface area contributed by atoms with Gasteiger partial charge < -0.3 is 0 Å². The van der Waals surface area contributed by atoms with E-state index in [1.54, 1.807) is 11.3 Å². The number of aromatic nitrogens is 4. The van der Waals surface area contributed by atoms with Crippen molar-refractivity contribution in [3.8, 4) is 55.9 Å². The summed E-state index contributed by atoms with van der Waals surface area (Å²) in [5.41, 5.74) is 7.10. The fraction of sp³-hybridized carbons (Fsp3) is 0. The molecule has 0 saturated heterocycles. The van der Waals surface area contributed by atoms with E-state index in [4.69, 9.17) is 19.9 Å². The molecule has 184 valence electrons. The van der Waals surface area contributed by atoms with Crippen LogP contribution in [0, 0.1) is 0 Å².